The average molecular weight is 473 g/mol. The summed E-state index contributed by atoms with van der Waals surface area (Å²) in [6, 6.07) is 22.7. The molecule has 0 spiro atoms. The predicted octanol–water partition coefficient (Wildman–Crippen LogP) is 5.71. The number of rotatable bonds is 4. The van der Waals surface area contributed by atoms with Crippen LogP contribution in [0.2, 0.25) is 0 Å². The molecule has 0 saturated carbocycles. The third-order valence-corrected chi connectivity index (χ3v) is 5.32. The second kappa shape index (κ2) is 8.56. The van der Waals surface area contributed by atoms with Crippen LogP contribution in [-0.2, 0) is 6.18 Å². The molecular weight excluding hydrogens is 455 g/mol. The molecule has 3 aromatic carbocycles. The Bertz CT molecular complexity index is 1510. The molecule has 2 heterocycles. The number of hydrogen-bond acceptors (Lipinski definition) is 6. The number of aromatic nitrogens is 4. The Balaban J connectivity index is 1.65. The fourth-order valence-electron chi connectivity index (χ4n) is 3.60. The summed E-state index contributed by atoms with van der Waals surface area (Å²) in [5, 5.41) is 16.6. The van der Waals surface area contributed by atoms with Crippen LogP contribution in [0.5, 0.6) is 0 Å². The molecule has 0 aliphatic heterocycles. The summed E-state index contributed by atoms with van der Waals surface area (Å²) < 4.78 is 40.2. The Morgan fingerprint density at radius 3 is 2.11 bits per heavy atom. The molecule has 35 heavy (non-hydrogen) atoms. The Morgan fingerprint density at radius 1 is 0.857 bits per heavy atom. The number of nitrogen functional groups attached to an aromatic ring is 1. The van der Waals surface area contributed by atoms with Crippen molar-refractivity contribution in [2.75, 3.05) is 11.1 Å². The van der Waals surface area contributed by atoms with Crippen LogP contribution in [0.4, 0.5) is 30.5 Å². The molecular formula is C25H18F3N7. The van der Waals surface area contributed by atoms with Crippen LogP contribution in [0.15, 0.2) is 84.9 Å². The van der Waals surface area contributed by atoms with Gasteiger partial charge in [0.25, 0.3) is 0 Å². The zero-order valence-corrected chi connectivity index (χ0v) is 18.1. The second-order valence-corrected chi connectivity index (χ2v) is 7.67. The summed E-state index contributed by atoms with van der Waals surface area (Å²) in [6.07, 6.45) is -4.44. The van der Waals surface area contributed by atoms with E-state index < -0.39 is 11.7 Å². The standard InChI is InChI=1S/C25H18F3N7/c26-25(27,28)17-11-13-18(14-12-17)31-23-19-20(29)32-22(16-9-5-2-6-10-16)33-24(19)35(34-23)21(30)15-7-3-1-4-8-15/h1-14,30H,(H,31,34)(H2,29,32,33). The molecule has 174 valence electrons. The highest BCUT2D eigenvalue weighted by Gasteiger charge is 2.30. The lowest BCUT2D eigenvalue weighted by Crippen LogP contribution is -2.14. The van der Waals surface area contributed by atoms with Gasteiger partial charge in [-0.3, -0.25) is 5.41 Å². The van der Waals surface area contributed by atoms with E-state index in [0.29, 0.717) is 28.1 Å². The molecule has 0 aliphatic rings. The molecule has 0 bridgehead atoms. The lowest BCUT2D eigenvalue weighted by atomic mass is 10.2. The van der Waals surface area contributed by atoms with Gasteiger partial charge in [0.1, 0.15) is 11.2 Å². The van der Waals surface area contributed by atoms with Gasteiger partial charge in [0.2, 0.25) is 0 Å². The summed E-state index contributed by atoms with van der Waals surface area (Å²) >= 11 is 0. The number of hydrogen-bond donors (Lipinski definition) is 3. The van der Waals surface area contributed by atoms with E-state index >= 15 is 0 Å². The second-order valence-electron chi connectivity index (χ2n) is 7.67. The van der Waals surface area contributed by atoms with Crippen molar-refractivity contribution < 1.29 is 13.2 Å². The minimum absolute atomic E-state index is 0.0492. The Labute approximate surface area is 197 Å². The van der Waals surface area contributed by atoms with Crippen molar-refractivity contribution in [3.63, 3.8) is 0 Å². The number of benzene rings is 3. The Morgan fingerprint density at radius 2 is 1.49 bits per heavy atom. The largest absolute Gasteiger partial charge is 0.416 e. The minimum atomic E-state index is -4.44. The van der Waals surface area contributed by atoms with Crippen molar-refractivity contribution in [1.82, 2.24) is 19.7 Å². The maximum absolute atomic E-state index is 12.9. The molecule has 5 rings (SSSR count). The monoisotopic (exact) mass is 473 g/mol. The van der Waals surface area contributed by atoms with Gasteiger partial charge in [-0.05, 0) is 24.3 Å². The summed E-state index contributed by atoms with van der Waals surface area (Å²) in [6.45, 7) is 0. The van der Waals surface area contributed by atoms with E-state index in [4.69, 9.17) is 11.1 Å². The first kappa shape index (κ1) is 22.1. The highest BCUT2D eigenvalue weighted by atomic mass is 19.4. The highest BCUT2D eigenvalue weighted by molar-refractivity contribution is 6.07. The molecule has 0 radical (unpaired) electrons. The van der Waals surface area contributed by atoms with Gasteiger partial charge in [-0.1, -0.05) is 60.7 Å². The van der Waals surface area contributed by atoms with E-state index in [-0.39, 0.29) is 17.5 Å². The molecule has 0 saturated heterocycles. The number of nitrogens with zero attached hydrogens (tertiary/aromatic N) is 4. The zero-order chi connectivity index (χ0) is 24.6. The molecule has 0 fully saturated rings. The molecule has 0 aliphatic carbocycles. The van der Waals surface area contributed by atoms with E-state index in [1.165, 1.54) is 16.8 Å². The number of alkyl halides is 3. The number of nitrogens with two attached hydrogens (primary N) is 1. The zero-order valence-electron chi connectivity index (χ0n) is 18.1. The van der Waals surface area contributed by atoms with Gasteiger partial charge >= 0.3 is 6.18 Å². The van der Waals surface area contributed by atoms with Crippen molar-refractivity contribution in [2.24, 2.45) is 0 Å². The maximum atomic E-state index is 12.9. The van der Waals surface area contributed by atoms with Crippen LogP contribution in [0.1, 0.15) is 11.1 Å². The summed E-state index contributed by atoms with van der Waals surface area (Å²) in [5.41, 5.74) is 7.54. The van der Waals surface area contributed by atoms with Crippen molar-refractivity contribution >= 4 is 34.2 Å². The SMILES string of the molecule is N=C(c1ccccc1)n1nc(Nc2ccc(C(F)(F)F)cc2)c2c(N)nc(-c3ccccc3)nc21. The molecule has 0 amide bonds. The number of anilines is 3. The highest BCUT2D eigenvalue weighted by Crippen LogP contribution is 2.33. The minimum Gasteiger partial charge on any atom is -0.383 e. The van der Waals surface area contributed by atoms with Gasteiger partial charge in [0.15, 0.2) is 23.1 Å². The summed E-state index contributed by atoms with van der Waals surface area (Å²) in [5.74, 6) is 0.750. The first-order valence-corrected chi connectivity index (χ1v) is 10.5. The predicted molar refractivity (Wildman–Crippen MR) is 129 cm³/mol. The van der Waals surface area contributed by atoms with Gasteiger partial charge in [-0.25, -0.2) is 9.97 Å². The maximum Gasteiger partial charge on any atom is 0.416 e. The smallest absolute Gasteiger partial charge is 0.383 e. The molecule has 10 heteroatoms. The third-order valence-electron chi connectivity index (χ3n) is 5.32. The first-order chi connectivity index (χ1) is 16.8. The number of fused-ring (bicyclic) bond motifs is 1. The third kappa shape index (κ3) is 4.29. The lowest BCUT2D eigenvalue weighted by Gasteiger charge is -2.08. The fourth-order valence-corrected chi connectivity index (χ4v) is 3.60. The Hall–Kier alpha value is -4.73. The number of nitrogens with one attached hydrogen (secondary N) is 2. The van der Waals surface area contributed by atoms with Crippen molar-refractivity contribution in [2.45, 2.75) is 6.18 Å². The van der Waals surface area contributed by atoms with Gasteiger partial charge in [-0.15, -0.1) is 5.10 Å². The van der Waals surface area contributed by atoms with Crippen molar-refractivity contribution in [3.05, 3.63) is 96.1 Å². The van der Waals surface area contributed by atoms with E-state index in [9.17, 15) is 13.2 Å². The van der Waals surface area contributed by atoms with Crippen LogP contribution < -0.4 is 11.1 Å². The van der Waals surface area contributed by atoms with Crippen LogP contribution in [0.3, 0.4) is 0 Å². The molecule has 0 unspecified atom stereocenters. The molecule has 2 aromatic heterocycles. The molecule has 4 N–H and O–H groups in total. The van der Waals surface area contributed by atoms with E-state index in [2.05, 4.69) is 20.4 Å². The average Bonchev–Trinajstić information content (AvgIpc) is 3.23. The fraction of sp³-hybridized carbons (Fsp3) is 0.0400. The van der Waals surface area contributed by atoms with Gasteiger partial charge in [-0.2, -0.15) is 17.9 Å². The van der Waals surface area contributed by atoms with Crippen LogP contribution in [0.25, 0.3) is 22.4 Å². The normalized spacial score (nSPS) is 11.5. The van der Waals surface area contributed by atoms with Crippen molar-refractivity contribution in [3.8, 4) is 11.4 Å². The van der Waals surface area contributed by atoms with Gasteiger partial charge in [0.05, 0.1) is 5.56 Å². The van der Waals surface area contributed by atoms with Gasteiger partial charge < -0.3 is 11.1 Å². The van der Waals surface area contributed by atoms with Crippen LogP contribution in [-0.4, -0.2) is 25.6 Å². The van der Waals surface area contributed by atoms with E-state index in [1.54, 1.807) is 24.3 Å². The van der Waals surface area contributed by atoms with E-state index in [0.717, 1.165) is 17.7 Å². The summed E-state index contributed by atoms with van der Waals surface area (Å²) in [4.78, 5) is 9.06. The Kier molecular flexibility index (Phi) is 5.40. The first-order valence-electron chi connectivity index (χ1n) is 10.5. The molecule has 5 aromatic rings. The van der Waals surface area contributed by atoms with E-state index in [1.807, 2.05) is 36.4 Å². The summed E-state index contributed by atoms with van der Waals surface area (Å²) in [7, 11) is 0. The van der Waals surface area contributed by atoms with Crippen LogP contribution >= 0.6 is 0 Å². The topological polar surface area (TPSA) is 106 Å². The quantitative estimate of drug-likeness (QED) is 0.229. The molecule has 7 nitrogen and oxygen atoms in total. The lowest BCUT2D eigenvalue weighted by molar-refractivity contribution is -0.137. The number of halogens is 3. The van der Waals surface area contributed by atoms with Crippen molar-refractivity contribution in [1.29, 1.82) is 5.41 Å². The van der Waals surface area contributed by atoms with Gasteiger partial charge in [0, 0.05) is 16.8 Å². The van der Waals surface area contributed by atoms with Crippen LogP contribution in [0, 0.1) is 5.41 Å². The molecule has 0 atom stereocenters.